The van der Waals surface area contributed by atoms with E-state index < -0.39 is 0 Å². The van der Waals surface area contributed by atoms with Gasteiger partial charge in [0.15, 0.2) is 11.5 Å². The second-order valence-electron chi connectivity index (χ2n) is 3.90. The molecule has 0 aliphatic carbocycles. The molecule has 1 N–H and O–H groups in total. The normalized spacial score (nSPS) is 14.7. The summed E-state index contributed by atoms with van der Waals surface area (Å²) in [6.07, 6.45) is 0. The zero-order valence-corrected chi connectivity index (χ0v) is 10.2. The molecule has 0 saturated carbocycles. The molecule has 0 atom stereocenters. The van der Waals surface area contributed by atoms with Gasteiger partial charge in [0.25, 0.3) is 0 Å². The average molecular weight is 250 g/mol. The summed E-state index contributed by atoms with van der Waals surface area (Å²) < 4.78 is 10.3. The molecular weight excluding hydrogens is 236 g/mol. The van der Waals surface area contributed by atoms with Crippen molar-refractivity contribution in [2.45, 2.75) is 6.54 Å². The zero-order chi connectivity index (χ0) is 13.1. The van der Waals surface area contributed by atoms with Crippen molar-refractivity contribution in [1.29, 1.82) is 0 Å². The van der Waals surface area contributed by atoms with Crippen LogP contribution in [0.1, 0.15) is 5.56 Å². The van der Waals surface area contributed by atoms with Gasteiger partial charge in [-0.05, 0) is 17.7 Å². The van der Waals surface area contributed by atoms with Gasteiger partial charge in [-0.3, -0.25) is 10.1 Å². The SMILES string of the molecule is COc1ccc(CN2CC(=O)NC2=O)cc1OC. The Morgan fingerprint density at radius 2 is 1.94 bits per heavy atom. The molecule has 6 heteroatoms. The van der Waals surface area contributed by atoms with Crippen LogP contribution in [0.4, 0.5) is 4.79 Å². The number of ether oxygens (including phenoxy) is 2. The molecule has 1 aliphatic rings. The van der Waals surface area contributed by atoms with E-state index in [2.05, 4.69) is 5.32 Å². The Hall–Kier alpha value is -2.24. The van der Waals surface area contributed by atoms with Crippen molar-refractivity contribution in [3.63, 3.8) is 0 Å². The lowest BCUT2D eigenvalue weighted by Crippen LogP contribution is -2.27. The molecule has 3 amide bonds. The number of methoxy groups -OCH3 is 2. The second kappa shape index (κ2) is 4.95. The van der Waals surface area contributed by atoms with E-state index in [1.165, 1.54) is 4.90 Å². The van der Waals surface area contributed by atoms with E-state index in [0.29, 0.717) is 18.0 Å². The maximum Gasteiger partial charge on any atom is 0.324 e. The average Bonchev–Trinajstić information content (AvgIpc) is 2.67. The third kappa shape index (κ3) is 2.37. The van der Waals surface area contributed by atoms with Crippen LogP contribution in [-0.4, -0.2) is 37.6 Å². The van der Waals surface area contributed by atoms with Crippen molar-refractivity contribution in [2.75, 3.05) is 20.8 Å². The van der Waals surface area contributed by atoms with Gasteiger partial charge in [-0.15, -0.1) is 0 Å². The number of carbonyl (C=O) groups is 2. The molecule has 1 aromatic rings. The minimum Gasteiger partial charge on any atom is -0.493 e. The number of nitrogens with one attached hydrogen (secondary N) is 1. The van der Waals surface area contributed by atoms with Crippen LogP contribution in [-0.2, 0) is 11.3 Å². The van der Waals surface area contributed by atoms with Crippen LogP contribution in [0.25, 0.3) is 0 Å². The number of benzene rings is 1. The Morgan fingerprint density at radius 3 is 2.50 bits per heavy atom. The van der Waals surface area contributed by atoms with E-state index in [0.717, 1.165) is 5.56 Å². The third-order valence-electron chi connectivity index (χ3n) is 2.69. The molecule has 6 nitrogen and oxygen atoms in total. The van der Waals surface area contributed by atoms with Gasteiger partial charge < -0.3 is 14.4 Å². The smallest absolute Gasteiger partial charge is 0.324 e. The number of hydrogen-bond donors (Lipinski definition) is 1. The summed E-state index contributed by atoms with van der Waals surface area (Å²) in [5.41, 5.74) is 0.873. The summed E-state index contributed by atoms with van der Waals surface area (Å²) in [5.74, 6) is 0.949. The summed E-state index contributed by atoms with van der Waals surface area (Å²) in [6, 6.07) is 5.02. The van der Waals surface area contributed by atoms with Crippen LogP contribution >= 0.6 is 0 Å². The van der Waals surface area contributed by atoms with Gasteiger partial charge in [0, 0.05) is 6.54 Å². The van der Waals surface area contributed by atoms with E-state index >= 15 is 0 Å². The maximum atomic E-state index is 11.4. The number of nitrogens with zero attached hydrogens (tertiary/aromatic N) is 1. The quantitative estimate of drug-likeness (QED) is 0.801. The lowest BCUT2D eigenvalue weighted by atomic mass is 10.2. The van der Waals surface area contributed by atoms with Crippen LogP contribution in [0.5, 0.6) is 11.5 Å². The second-order valence-corrected chi connectivity index (χ2v) is 3.90. The Morgan fingerprint density at radius 1 is 1.22 bits per heavy atom. The van der Waals surface area contributed by atoms with Crippen molar-refractivity contribution >= 4 is 11.9 Å². The summed E-state index contributed by atoms with van der Waals surface area (Å²) in [4.78, 5) is 23.9. The monoisotopic (exact) mass is 250 g/mol. The van der Waals surface area contributed by atoms with E-state index in [4.69, 9.17) is 9.47 Å². The standard InChI is InChI=1S/C12H14N2O4/c1-17-9-4-3-8(5-10(9)18-2)6-14-7-11(15)13-12(14)16/h3-5H,6-7H2,1-2H3,(H,13,15,16). The van der Waals surface area contributed by atoms with Crippen LogP contribution in [0.3, 0.4) is 0 Å². The van der Waals surface area contributed by atoms with E-state index in [1.54, 1.807) is 26.4 Å². The fourth-order valence-corrected chi connectivity index (χ4v) is 1.81. The highest BCUT2D eigenvalue weighted by atomic mass is 16.5. The number of amides is 3. The molecule has 18 heavy (non-hydrogen) atoms. The predicted octanol–water partition coefficient (Wildman–Crippen LogP) is 0.756. The predicted molar refractivity (Wildman–Crippen MR) is 63.5 cm³/mol. The summed E-state index contributed by atoms with van der Waals surface area (Å²) in [5, 5.41) is 2.23. The molecular formula is C12H14N2O4. The molecule has 1 fully saturated rings. The van der Waals surface area contributed by atoms with Crippen molar-refractivity contribution in [3.8, 4) is 11.5 Å². The van der Waals surface area contributed by atoms with Gasteiger partial charge in [0.05, 0.1) is 14.2 Å². The molecule has 0 spiro atoms. The number of rotatable bonds is 4. The number of carbonyl (C=O) groups excluding carboxylic acids is 2. The van der Waals surface area contributed by atoms with Crippen LogP contribution < -0.4 is 14.8 Å². The lowest BCUT2D eigenvalue weighted by Gasteiger charge is -2.14. The Labute approximate surface area is 104 Å². The minimum absolute atomic E-state index is 0.0905. The highest BCUT2D eigenvalue weighted by Gasteiger charge is 2.26. The van der Waals surface area contributed by atoms with Gasteiger partial charge >= 0.3 is 6.03 Å². The molecule has 1 aromatic carbocycles. The van der Waals surface area contributed by atoms with E-state index in [9.17, 15) is 9.59 Å². The van der Waals surface area contributed by atoms with Crippen LogP contribution in [0, 0.1) is 0 Å². The van der Waals surface area contributed by atoms with Gasteiger partial charge in [0.2, 0.25) is 5.91 Å². The number of urea groups is 1. The summed E-state index contributed by atoms with van der Waals surface area (Å²) >= 11 is 0. The topological polar surface area (TPSA) is 67.9 Å². The Balaban J connectivity index is 2.14. The first-order valence-corrected chi connectivity index (χ1v) is 5.43. The zero-order valence-electron chi connectivity index (χ0n) is 10.2. The fraction of sp³-hybridized carbons (Fsp3) is 0.333. The lowest BCUT2D eigenvalue weighted by molar-refractivity contribution is -0.118. The largest absolute Gasteiger partial charge is 0.493 e. The first-order chi connectivity index (χ1) is 8.63. The van der Waals surface area contributed by atoms with E-state index in [-0.39, 0.29) is 18.5 Å². The molecule has 1 saturated heterocycles. The van der Waals surface area contributed by atoms with E-state index in [1.807, 2.05) is 6.07 Å². The molecule has 0 unspecified atom stereocenters. The molecule has 96 valence electrons. The van der Waals surface area contributed by atoms with Crippen molar-refractivity contribution in [2.24, 2.45) is 0 Å². The molecule has 2 rings (SSSR count). The third-order valence-corrected chi connectivity index (χ3v) is 2.69. The van der Waals surface area contributed by atoms with Gasteiger partial charge in [-0.25, -0.2) is 4.79 Å². The van der Waals surface area contributed by atoms with Crippen molar-refractivity contribution in [1.82, 2.24) is 10.2 Å². The Bertz CT molecular complexity index is 487. The first-order valence-electron chi connectivity index (χ1n) is 5.43. The first kappa shape index (κ1) is 12.2. The van der Waals surface area contributed by atoms with Crippen LogP contribution in [0.2, 0.25) is 0 Å². The minimum atomic E-state index is -0.366. The highest BCUT2D eigenvalue weighted by Crippen LogP contribution is 2.28. The summed E-state index contributed by atoms with van der Waals surface area (Å²) in [6.45, 7) is 0.450. The van der Waals surface area contributed by atoms with Crippen molar-refractivity contribution in [3.05, 3.63) is 23.8 Å². The molecule has 1 aliphatic heterocycles. The van der Waals surface area contributed by atoms with Crippen LogP contribution in [0.15, 0.2) is 18.2 Å². The molecule has 0 bridgehead atoms. The molecule has 0 aromatic heterocycles. The maximum absolute atomic E-state index is 11.4. The van der Waals surface area contributed by atoms with Gasteiger partial charge in [-0.1, -0.05) is 6.07 Å². The number of imide groups is 1. The van der Waals surface area contributed by atoms with Crippen molar-refractivity contribution < 1.29 is 19.1 Å². The van der Waals surface area contributed by atoms with Gasteiger partial charge in [0.1, 0.15) is 6.54 Å². The number of hydrogen-bond acceptors (Lipinski definition) is 4. The molecule has 0 radical (unpaired) electrons. The van der Waals surface area contributed by atoms with Gasteiger partial charge in [-0.2, -0.15) is 0 Å². The Kier molecular flexibility index (Phi) is 3.36. The fourth-order valence-electron chi connectivity index (χ4n) is 1.81. The summed E-state index contributed by atoms with van der Waals surface area (Å²) in [7, 11) is 3.11. The highest BCUT2D eigenvalue weighted by molar-refractivity contribution is 6.01. The molecule has 1 heterocycles.